The number of rotatable bonds is 8. The molecule has 1 fully saturated rings. The van der Waals surface area contributed by atoms with Gasteiger partial charge in [0.05, 0.1) is 25.2 Å². The molecular formula is C15H28N2O4. The van der Waals surface area contributed by atoms with Crippen LogP contribution in [0.1, 0.15) is 40.0 Å². The molecule has 0 aromatic rings. The van der Waals surface area contributed by atoms with Gasteiger partial charge in [0.15, 0.2) is 0 Å². The Hall–Kier alpha value is -1.14. The number of likely N-dealkylation sites (tertiary alicyclic amines) is 1. The number of hydrogen-bond donors (Lipinski definition) is 1. The molecule has 1 aliphatic heterocycles. The Morgan fingerprint density at radius 3 is 2.33 bits per heavy atom. The van der Waals surface area contributed by atoms with E-state index in [1.807, 2.05) is 25.7 Å². The first-order valence-electron chi connectivity index (χ1n) is 7.85. The molecule has 1 unspecified atom stereocenters. The minimum absolute atomic E-state index is 0.0526. The predicted octanol–water partition coefficient (Wildman–Crippen LogP) is 1.20. The minimum Gasteiger partial charge on any atom is -0.481 e. The van der Waals surface area contributed by atoms with Gasteiger partial charge in [0.2, 0.25) is 5.91 Å². The van der Waals surface area contributed by atoms with E-state index in [9.17, 15) is 9.59 Å². The van der Waals surface area contributed by atoms with Gasteiger partial charge in [-0.15, -0.1) is 0 Å². The molecule has 0 spiro atoms. The van der Waals surface area contributed by atoms with Crippen LogP contribution < -0.4 is 0 Å². The van der Waals surface area contributed by atoms with E-state index in [0.29, 0.717) is 0 Å². The second kappa shape index (κ2) is 9.00. The lowest BCUT2D eigenvalue weighted by Crippen LogP contribution is -2.50. The van der Waals surface area contributed by atoms with E-state index in [-0.39, 0.29) is 31.1 Å². The first-order valence-corrected chi connectivity index (χ1v) is 7.85. The average Bonchev–Trinajstić information content (AvgIpc) is 2.48. The predicted molar refractivity (Wildman–Crippen MR) is 80.2 cm³/mol. The second-order valence-electron chi connectivity index (χ2n) is 5.44. The van der Waals surface area contributed by atoms with Crippen LogP contribution in [0.5, 0.6) is 0 Å². The van der Waals surface area contributed by atoms with Crippen molar-refractivity contribution in [1.82, 2.24) is 9.80 Å². The van der Waals surface area contributed by atoms with Crippen molar-refractivity contribution in [3.63, 3.8) is 0 Å². The first-order chi connectivity index (χ1) is 9.99. The van der Waals surface area contributed by atoms with Crippen molar-refractivity contribution in [2.45, 2.75) is 52.2 Å². The lowest BCUT2D eigenvalue weighted by molar-refractivity contribution is -0.140. The molecule has 1 heterocycles. The standard InChI is InChI=1S/C15H28N2O4/c1-4-16(5-2)15(20)12(3)17-9-6-13(7-10-17)21-11-8-14(18)19/h12-13H,4-11H2,1-3H3,(H,18,19). The summed E-state index contributed by atoms with van der Waals surface area (Å²) in [6.45, 7) is 9.37. The maximum atomic E-state index is 12.3. The highest BCUT2D eigenvalue weighted by Crippen LogP contribution is 2.17. The number of carbonyl (C=O) groups excluding carboxylic acids is 1. The van der Waals surface area contributed by atoms with Crippen LogP contribution in [0.15, 0.2) is 0 Å². The number of carbonyl (C=O) groups is 2. The van der Waals surface area contributed by atoms with Gasteiger partial charge < -0.3 is 14.7 Å². The number of carboxylic acid groups (broad SMARTS) is 1. The Balaban J connectivity index is 2.34. The Morgan fingerprint density at radius 1 is 1.29 bits per heavy atom. The summed E-state index contributed by atoms with van der Waals surface area (Å²) in [6.07, 6.45) is 1.89. The molecule has 1 rings (SSSR count). The lowest BCUT2D eigenvalue weighted by Gasteiger charge is -2.37. The molecule has 0 radical (unpaired) electrons. The quantitative estimate of drug-likeness (QED) is 0.729. The largest absolute Gasteiger partial charge is 0.481 e. The average molecular weight is 300 g/mol. The second-order valence-corrected chi connectivity index (χ2v) is 5.44. The fraction of sp³-hybridized carbons (Fsp3) is 0.867. The van der Waals surface area contributed by atoms with Crippen molar-refractivity contribution >= 4 is 11.9 Å². The fourth-order valence-electron chi connectivity index (χ4n) is 2.70. The van der Waals surface area contributed by atoms with E-state index in [1.165, 1.54) is 0 Å². The van der Waals surface area contributed by atoms with Crippen LogP contribution in [-0.2, 0) is 14.3 Å². The van der Waals surface area contributed by atoms with Crippen molar-refractivity contribution in [1.29, 1.82) is 0 Å². The fourth-order valence-corrected chi connectivity index (χ4v) is 2.70. The van der Waals surface area contributed by atoms with Gasteiger partial charge in [-0.25, -0.2) is 0 Å². The molecule has 6 heteroatoms. The molecule has 1 amide bonds. The molecule has 1 N–H and O–H groups in total. The van der Waals surface area contributed by atoms with Crippen molar-refractivity contribution in [3.8, 4) is 0 Å². The highest BCUT2D eigenvalue weighted by atomic mass is 16.5. The molecule has 6 nitrogen and oxygen atoms in total. The molecule has 1 aliphatic rings. The number of nitrogens with zero attached hydrogens (tertiary/aromatic N) is 2. The number of likely N-dealkylation sites (N-methyl/N-ethyl adjacent to an activating group) is 1. The first kappa shape index (κ1) is 17.9. The zero-order chi connectivity index (χ0) is 15.8. The van der Waals surface area contributed by atoms with Crippen LogP contribution in [0.4, 0.5) is 0 Å². The van der Waals surface area contributed by atoms with E-state index < -0.39 is 5.97 Å². The van der Waals surface area contributed by atoms with Gasteiger partial charge >= 0.3 is 5.97 Å². The summed E-state index contributed by atoms with van der Waals surface area (Å²) in [5, 5.41) is 8.59. The molecule has 0 saturated carbocycles. The van der Waals surface area contributed by atoms with E-state index >= 15 is 0 Å². The molecule has 0 aromatic heterocycles. The summed E-state index contributed by atoms with van der Waals surface area (Å²) in [6, 6.07) is -0.0927. The monoisotopic (exact) mass is 300 g/mol. The van der Waals surface area contributed by atoms with Crippen molar-refractivity contribution < 1.29 is 19.4 Å². The zero-order valence-electron chi connectivity index (χ0n) is 13.4. The Kier molecular flexibility index (Phi) is 7.67. The molecule has 0 aliphatic carbocycles. The van der Waals surface area contributed by atoms with E-state index in [2.05, 4.69) is 4.90 Å². The minimum atomic E-state index is -0.828. The molecule has 122 valence electrons. The van der Waals surface area contributed by atoms with E-state index in [0.717, 1.165) is 39.0 Å². The van der Waals surface area contributed by atoms with Crippen LogP contribution in [0, 0.1) is 0 Å². The summed E-state index contributed by atoms with van der Waals surface area (Å²) in [4.78, 5) is 26.8. The van der Waals surface area contributed by atoms with Gasteiger partial charge in [0.25, 0.3) is 0 Å². The highest BCUT2D eigenvalue weighted by molar-refractivity contribution is 5.81. The van der Waals surface area contributed by atoms with Crippen molar-refractivity contribution in [2.75, 3.05) is 32.8 Å². The highest BCUT2D eigenvalue weighted by Gasteiger charge is 2.28. The van der Waals surface area contributed by atoms with Gasteiger partial charge in [-0.2, -0.15) is 0 Å². The summed E-state index contributed by atoms with van der Waals surface area (Å²) < 4.78 is 5.57. The maximum absolute atomic E-state index is 12.3. The third kappa shape index (κ3) is 5.63. The van der Waals surface area contributed by atoms with E-state index in [1.54, 1.807) is 0 Å². The number of carboxylic acids is 1. The Labute approximate surface area is 127 Å². The maximum Gasteiger partial charge on any atom is 0.305 e. The summed E-state index contributed by atoms with van der Waals surface area (Å²) in [7, 11) is 0. The molecule has 0 aromatic carbocycles. The summed E-state index contributed by atoms with van der Waals surface area (Å²) in [5.74, 6) is -0.642. The number of aliphatic carboxylic acids is 1. The third-order valence-corrected chi connectivity index (χ3v) is 4.13. The normalized spacial score (nSPS) is 18.4. The van der Waals surface area contributed by atoms with Gasteiger partial charge in [-0.1, -0.05) is 0 Å². The SMILES string of the molecule is CCN(CC)C(=O)C(C)N1CCC(OCCC(=O)O)CC1. The molecular weight excluding hydrogens is 272 g/mol. The Bertz CT molecular complexity index is 337. The van der Waals surface area contributed by atoms with Crippen LogP contribution in [-0.4, -0.2) is 71.7 Å². The summed E-state index contributed by atoms with van der Waals surface area (Å²) >= 11 is 0. The number of amides is 1. The number of piperidine rings is 1. The van der Waals surface area contributed by atoms with Crippen LogP contribution in [0.3, 0.4) is 0 Å². The topological polar surface area (TPSA) is 70.1 Å². The zero-order valence-corrected chi connectivity index (χ0v) is 13.4. The van der Waals surface area contributed by atoms with Crippen molar-refractivity contribution in [2.24, 2.45) is 0 Å². The Morgan fingerprint density at radius 2 is 1.86 bits per heavy atom. The number of hydrogen-bond acceptors (Lipinski definition) is 4. The van der Waals surface area contributed by atoms with Gasteiger partial charge in [0, 0.05) is 26.2 Å². The molecule has 0 bridgehead atoms. The van der Waals surface area contributed by atoms with E-state index in [4.69, 9.17) is 9.84 Å². The third-order valence-electron chi connectivity index (χ3n) is 4.13. The summed E-state index contributed by atoms with van der Waals surface area (Å²) in [5.41, 5.74) is 0. The van der Waals surface area contributed by atoms with Crippen LogP contribution in [0.25, 0.3) is 0 Å². The van der Waals surface area contributed by atoms with Crippen molar-refractivity contribution in [3.05, 3.63) is 0 Å². The molecule has 21 heavy (non-hydrogen) atoms. The smallest absolute Gasteiger partial charge is 0.305 e. The number of ether oxygens (including phenoxy) is 1. The van der Waals surface area contributed by atoms with Crippen LogP contribution in [0.2, 0.25) is 0 Å². The van der Waals surface area contributed by atoms with Gasteiger partial charge in [0.1, 0.15) is 0 Å². The lowest BCUT2D eigenvalue weighted by atomic mass is 10.1. The van der Waals surface area contributed by atoms with Crippen LogP contribution >= 0.6 is 0 Å². The molecule has 1 atom stereocenters. The molecule has 1 saturated heterocycles. The van der Waals surface area contributed by atoms with Gasteiger partial charge in [-0.3, -0.25) is 14.5 Å². The van der Waals surface area contributed by atoms with Gasteiger partial charge in [-0.05, 0) is 33.6 Å².